The third kappa shape index (κ3) is 3.71. The zero-order valence-electron chi connectivity index (χ0n) is 9.98. The molecule has 2 rings (SSSR count). The Kier molecular flexibility index (Phi) is 5.01. The molecule has 0 aliphatic rings. The molecule has 0 aliphatic carbocycles. The van der Waals surface area contributed by atoms with Crippen molar-refractivity contribution >= 4 is 49.1 Å². The maximum Gasteiger partial charge on any atom is 0.274 e. The zero-order chi connectivity index (χ0) is 14.7. The summed E-state index contributed by atoms with van der Waals surface area (Å²) in [5.74, 6) is 0.981. The Balaban J connectivity index is 2.37. The monoisotopic (exact) mass is 419 g/mol. The fraction of sp³-hybridized carbons (Fsp3) is 0.0769. The Morgan fingerprint density at radius 3 is 2.65 bits per heavy atom. The normalized spacial score (nSPS) is 10.3. The Morgan fingerprint density at radius 1 is 1.25 bits per heavy atom. The average molecular weight is 421 g/mol. The van der Waals surface area contributed by atoms with Gasteiger partial charge in [0.2, 0.25) is 0 Å². The van der Waals surface area contributed by atoms with Crippen LogP contribution in [0.2, 0.25) is 5.02 Å². The van der Waals surface area contributed by atoms with Crippen molar-refractivity contribution in [3.63, 3.8) is 0 Å². The van der Waals surface area contributed by atoms with Gasteiger partial charge in [-0.05, 0) is 24.3 Å². The number of rotatable bonds is 4. The van der Waals surface area contributed by atoms with Gasteiger partial charge in [-0.1, -0.05) is 43.5 Å². The lowest BCUT2D eigenvalue weighted by atomic mass is 10.2. The van der Waals surface area contributed by atoms with E-state index in [0.29, 0.717) is 26.3 Å². The van der Waals surface area contributed by atoms with Crippen LogP contribution in [-0.2, 0) is 5.33 Å². The second-order valence-corrected chi connectivity index (χ2v) is 5.80. The molecule has 4 nitrogen and oxygen atoms in total. The van der Waals surface area contributed by atoms with E-state index in [2.05, 4.69) is 31.9 Å². The van der Waals surface area contributed by atoms with Gasteiger partial charge in [0.15, 0.2) is 0 Å². The lowest BCUT2D eigenvalue weighted by Crippen LogP contribution is -1.92. The van der Waals surface area contributed by atoms with Gasteiger partial charge in [-0.25, -0.2) is 0 Å². The highest BCUT2D eigenvalue weighted by Crippen LogP contribution is 2.33. The van der Waals surface area contributed by atoms with Crippen LogP contribution >= 0.6 is 43.5 Å². The molecule has 0 radical (unpaired) electrons. The van der Waals surface area contributed by atoms with Crippen molar-refractivity contribution < 1.29 is 9.66 Å². The third-order valence-corrected chi connectivity index (χ3v) is 3.76. The molecule has 0 spiro atoms. The minimum absolute atomic E-state index is 0.0382. The van der Waals surface area contributed by atoms with Crippen LogP contribution in [0, 0.1) is 10.1 Å². The molecule has 0 bridgehead atoms. The second-order valence-electron chi connectivity index (χ2n) is 3.89. The first-order valence-electron chi connectivity index (χ1n) is 5.47. The summed E-state index contributed by atoms with van der Waals surface area (Å²) in [5.41, 5.74) is 0.823. The molecule has 0 saturated carbocycles. The maximum atomic E-state index is 10.8. The van der Waals surface area contributed by atoms with Crippen molar-refractivity contribution in [3.8, 4) is 11.5 Å². The summed E-state index contributed by atoms with van der Waals surface area (Å²) in [6.45, 7) is 0. The van der Waals surface area contributed by atoms with Crippen molar-refractivity contribution in [2.45, 2.75) is 5.33 Å². The van der Waals surface area contributed by atoms with E-state index in [-0.39, 0.29) is 5.69 Å². The van der Waals surface area contributed by atoms with Crippen LogP contribution in [0.3, 0.4) is 0 Å². The molecule has 7 heteroatoms. The minimum atomic E-state index is -0.467. The van der Waals surface area contributed by atoms with Gasteiger partial charge in [-0.3, -0.25) is 10.1 Å². The predicted octanol–water partition coefficient (Wildman–Crippen LogP) is 5.70. The van der Waals surface area contributed by atoms with Gasteiger partial charge in [0.05, 0.1) is 11.0 Å². The molecule has 20 heavy (non-hydrogen) atoms. The topological polar surface area (TPSA) is 52.4 Å². The van der Waals surface area contributed by atoms with Crippen LogP contribution in [-0.4, -0.2) is 4.92 Å². The summed E-state index contributed by atoms with van der Waals surface area (Å²) >= 11 is 12.5. The first kappa shape index (κ1) is 15.3. The number of halogens is 3. The molecule has 0 saturated heterocycles. The Morgan fingerprint density at radius 2 is 2.00 bits per heavy atom. The number of hydrogen-bond donors (Lipinski definition) is 0. The molecule has 0 atom stereocenters. The lowest BCUT2D eigenvalue weighted by Gasteiger charge is -2.10. The van der Waals surface area contributed by atoms with E-state index in [0.717, 1.165) is 5.56 Å². The summed E-state index contributed by atoms with van der Waals surface area (Å²) in [6, 6.07) is 9.66. The van der Waals surface area contributed by atoms with E-state index < -0.39 is 4.92 Å². The molecule has 104 valence electrons. The van der Waals surface area contributed by atoms with Crippen LogP contribution in [0.4, 0.5) is 5.69 Å². The largest absolute Gasteiger partial charge is 0.457 e. The highest BCUT2D eigenvalue weighted by atomic mass is 79.9. The van der Waals surface area contributed by atoms with Crippen molar-refractivity contribution in [3.05, 3.63) is 61.6 Å². The quantitative estimate of drug-likeness (QED) is 0.362. The number of hydrogen-bond acceptors (Lipinski definition) is 3. The fourth-order valence-electron chi connectivity index (χ4n) is 1.59. The van der Waals surface area contributed by atoms with Crippen molar-refractivity contribution in [2.24, 2.45) is 0 Å². The smallest absolute Gasteiger partial charge is 0.274 e. The van der Waals surface area contributed by atoms with E-state index in [1.165, 1.54) is 12.1 Å². The van der Waals surface area contributed by atoms with Crippen LogP contribution in [0.25, 0.3) is 0 Å². The predicted molar refractivity (Wildman–Crippen MR) is 85.0 cm³/mol. The molecule has 0 unspecified atom stereocenters. The first-order chi connectivity index (χ1) is 9.49. The molecule has 0 amide bonds. The van der Waals surface area contributed by atoms with Gasteiger partial charge >= 0.3 is 0 Å². The highest BCUT2D eigenvalue weighted by Gasteiger charge is 2.11. The molecular formula is C13H8Br2ClNO3. The molecule has 0 aromatic heterocycles. The molecule has 0 aliphatic heterocycles. The molecule has 0 fully saturated rings. The van der Waals surface area contributed by atoms with Gasteiger partial charge in [-0.15, -0.1) is 0 Å². The summed E-state index contributed by atoms with van der Waals surface area (Å²) in [4.78, 5) is 10.4. The number of nitro benzene ring substituents is 1. The van der Waals surface area contributed by atoms with Crippen LogP contribution in [0.15, 0.2) is 40.9 Å². The van der Waals surface area contributed by atoms with E-state index in [9.17, 15) is 10.1 Å². The number of alkyl halides is 1. The number of nitro groups is 1. The zero-order valence-corrected chi connectivity index (χ0v) is 13.9. The van der Waals surface area contributed by atoms with Gasteiger partial charge < -0.3 is 4.74 Å². The number of ether oxygens (including phenoxy) is 1. The number of benzene rings is 2. The molecule has 0 heterocycles. The molecule has 0 N–H and O–H groups in total. The molecule has 2 aromatic carbocycles. The Hall–Kier alpha value is -1.11. The van der Waals surface area contributed by atoms with Crippen molar-refractivity contribution in [1.82, 2.24) is 0 Å². The van der Waals surface area contributed by atoms with Crippen LogP contribution in [0.5, 0.6) is 11.5 Å². The van der Waals surface area contributed by atoms with Gasteiger partial charge in [0, 0.05) is 26.5 Å². The number of non-ortho nitro benzene ring substituents is 1. The third-order valence-electron chi connectivity index (χ3n) is 2.46. The average Bonchev–Trinajstić information content (AvgIpc) is 2.40. The summed E-state index contributed by atoms with van der Waals surface area (Å²) in [6.07, 6.45) is 0. The van der Waals surface area contributed by atoms with Crippen LogP contribution in [0.1, 0.15) is 5.56 Å². The standard InChI is InChI=1S/C13H8Br2ClNO3/c14-7-8-3-10(16)1-2-13(8)20-12-5-9(15)4-11(6-12)17(18)19/h1-6H,7H2. The molecule has 2 aromatic rings. The van der Waals surface area contributed by atoms with Crippen molar-refractivity contribution in [2.75, 3.05) is 0 Å². The molecular weight excluding hydrogens is 413 g/mol. The van der Waals surface area contributed by atoms with Gasteiger partial charge in [0.25, 0.3) is 5.69 Å². The van der Waals surface area contributed by atoms with E-state index in [1.807, 2.05) is 0 Å². The summed E-state index contributed by atoms with van der Waals surface area (Å²) < 4.78 is 6.28. The van der Waals surface area contributed by atoms with Gasteiger partial charge in [-0.2, -0.15) is 0 Å². The minimum Gasteiger partial charge on any atom is -0.457 e. The fourth-order valence-corrected chi connectivity index (χ4v) is 2.68. The van der Waals surface area contributed by atoms with E-state index in [1.54, 1.807) is 24.3 Å². The first-order valence-corrected chi connectivity index (χ1v) is 7.76. The van der Waals surface area contributed by atoms with E-state index in [4.69, 9.17) is 16.3 Å². The maximum absolute atomic E-state index is 10.8. The highest BCUT2D eigenvalue weighted by molar-refractivity contribution is 9.10. The SMILES string of the molecule is O=[N+]([O-])c1cc(Br)cc(Oc2ccc(Cl)cc2CBr)c1. The van der Waals surface area contributed by atoms with E-state index >= 15 is 0 Å². The Bertz CT molecular complexity index is 664. The summed E-state index contributed by atoms with van der Waals surface area (Å²) in [5, 5.41) is 12.0. The van der Waals surface area contributed by atoms with Crippen LogP contribution < -0.4 is 4.74 Å². The summed E-state index contributed by atoms with van der Waals surface area (Å²) in [7, 11) is 0. The Labute approximate surface area is 137 Å². The van der Waals surface area contributed by atoms with Crippen molar-refractivity contribution in [1.29, 1.82) is 0 Å². The number of nitrogens with zero attached hydrogens (tertiary/aromatic N) is 1. The second kappa shape index (κ2) is 6.56. The lowest BCUT2D eigenvalue weighted by molar-refractivity contribution is -0.385. The van der Waals surface area contributed by atoms with Gasteiger partial charge in [0.1, 0.15) is 11.5 Å².